The zero-order valence-electron chi connectivity index (χ0n) is 9.98. The molecule has 1 aliphatic carbocycles. The molecule has 18 heavy (non-hydrogen) atoms. The number of hydrogen-bond acceptors (Lipinski definition) is 4. The molecule has 1 heterocycles. The van der Waals surface area contributed by atoms with Crippen molar-refractivity contribution in [3.8, 4) is 0 Å². The van der Waals surface area contributed by atoms with E-state index < -0.39 is 15.6 Å². The Morgan fingerprint density at radius 3 is 2.72 bits per heavy atom. The first-order valence-corrected chi connectivity index (χ1v) is 7.53. The molecule has 0 aliphatic heterocycles. The number of aryl methyl sites for hydroxylation is 1. The van der Waals surface area contributed by atoms with E-state index in [4.69, 9.17) is 11.6 Å². The van der Waals surface area contributed by atoms with Crippen LogP contribution in [-0.2, 0) is 10.0 Å². The Labute approximate surface area is 111 Å². The first-order valence-electron chi connectivity index (χ1n) is 5.67. The average Bonchev–Trinajstić information content (AvgIpc) is 2.27. The van der Waals surface area contributed by atoms with Gasteiger partial charge in [0.2, 0.25) is 10.0 Å². The lowest BCUT2D eigenvalue weighted by Crippen LogP contribution is -2.47. The SMILES string of the molecule is Cc1cc(S(=O)(=O)NCC2(O)CCC2)cnc1Cl. The van der Waals surface area contributed by atoms with E-state index in [1.54, 1.807) is 6.92 Å². The highest BCUT2D eigenvalue weighted by atomic mass is 35.5. The van der Waals surface area contributed by atoms with Crippen LogP contribution in [0.25, 0.3) is 0 Å². The lowest BCUT2D eigenvalue weighted by molar-refractivity contribution is -0.0270. The van der Waals surface area contributed by atoms with Gasteiger partial charge < -0.3 is 5.11 Å². The fraction of sp³-hybridized carbons (Fsp3) is 0.545. The van der Waals surface area contributed by atoms with Crippen molar-refractivity contribution in [1.29, 1.82) is 0 Å². The van der Waals surface area contributed by atoms with Crippen LogP contribution in [0.15, 0.2) is 17.2 Å². The number of nitrogens with one attached hydrogen (secondary N) is 1. The van der Waals surface area contributed by atoms with Gasteiger partial charge >= 0.3 is 0 Å². The Morgan fingerprint density at radius 1 is 1.56 bits per heavy atom. The summed E-state index contributed by atoms with van der Waals surface area (Å²) in [4.78, 5) is 3.87. The Bertz CT molecular complexity index is 555. The molecule has 1 aromatic heterocycles. The van der Waals surface area contributed by atoms with Gasteiger partial charge in [0.15, 0.2) is 0 Å². The van der Waals surface area contributed by atoms with Crippen LogP contribution in [0.4, 0.5) is 0 Å². The molecule has 1 aromatic rings. The quantitative estimate of drug-likeness (QED) is 0.818. The molecule has 2 rings (SSSR count). The molecule has 0 spiro atoms. The largest absolute Gasteiger partial charge is 0.389 e. The van der Waals surface area contributed by atoms with E-state index in [0.29, 0.717) is 18.4 Å². The number of hydrogen-bond donors (Lipinski definition) is 2. The van der Waals surface area contributed by atoms with Gasteiger partial charge in [-0.05, 0) is 37.8 Å². The van der Waals surface area contributed by atoms with Crippen molar-refractivity contribution in [1.82, 2.24) is 9.71 Å². The topological polar surface area (TPSA) is 79.3 Å². The van der Waals surface area contributed by atoms with E-state index in [1.165, 1.54) is 12.3 Å². The van der Waals surface area contributed by atoms with Crippen LogP contribution in [0.2, 0.25) is 5.15 Å². The van der Waals surface area contributed by atoms with Crippen molar-refractivity contribution in [2.75, 3.05) is 6.54 Å². The summed E-state index contributed by atoms with van der Waals surface area (Å²) in [6.07, 6.45) is 3.41. The van der Waals surface area contributed by atoms with Gasteiger partial charge in [-0.2, -0.15) is 0 Å². The fourth-order valence-corrected chi connectivity index (χ4v) is 3.01. The van der Waals surface area contributed by atoms with Crippen LogP contribution in [0, 0.1) is 6.92 Å². The van der Waals surface area contributed by atoms with E-state index in [9.17, 15) is 13.5 Å². The summed E-state index contributed by atoms with van der Waals surface area (Å²) >= 11 is 5.75. The van der Waals surface area contributed by atoms with Gasteiger partial charge in [0.1, 0.15) is 10.0 Å². The molecule has 0 amide bonds. The summed E-state index contributed by atoms with van der Waals surface area (Å²) in [6.45, 7) is 1.73. The summed E-state index contributed by atoms with van der Waals surface area (Å²) in [6, 6.07) is 1.46. The predicted molar refractivity (Wildman–Crippen MR) is 68.0 cm³/mol. The molecule has 0 bridgehead atoms. The molecule has 0 radical (unpaired) electrons. The van der Waals surface area contributed by atoms with Crippen LogP contribution in [-0.4, -0.2) is 30.7 Å². The standard InChI is InChI=1S/C11H15ClN2O3S/c1-8-5-9(6-13-10(8)12)18(16,17)14-7-11(15)3-2-4-11/h5-6,14-15H,2-4,7H2,1H3. The van der Waals surface area contributed by atoms with Crippen LogP contribution >= 0.6 is 11.6 Å². The second kappa shape index (κ2) is 4.77. The van der Waals surface area contributed by atoms with Gasteiger partial charge in [-0.25, -0.2) is 18.1 Å². The summed E-state index contributed by atoms with van der Waals surface area (Å²) < 4.78 is 26.4. The van der Waals surface area contributed by atoms with Crippen LogP contribution in [0.3, 0.4) is 0 Å². The molecule has 0 aromatic carbocycles. The van der Waals surface area contributed by atoms with Crippen molar-refractivity contribution in [2.24, 2.45) is 0 Å². The fourth-order valence-electron chi connectivity index (χ4n) is 1.75. The van der Waals surface area contributed by atoms with Gasteiger partial charge in [-0.3, -0.25) is 0 Å². The number of aliphatic hydroxyl groups is 1. The molecule has 1 saturated carbocycles. The maximum atomic E-state index is 12.0. The smallest absolute Gasteiger partial charge is 0.242 e. The van der Waals surface area contributed by atoms with Crippen LogP contribution < -0.4 is 4.72 Å². The molecule has 1 aliphatic rings. The van der Waals surface area contributed by atoms with Crippen LogP contribution in [0.1, 0.15) is 24.8 Å². The summed E-state index contributed by atoms with van der Waals surface area (Å²) in [7, 11) is -3.64. The second-order valence-electron chi connectivity index (χ2n) is 4.68. The molecule has 2 N–H and O–H groups in total. The van der Waals surface area contributed by atoms with Crippen molar-refractivity contribution >= 4 is 21.6 Å². The Kier molecular flexibility index (Phi) is 3.64. The molecule has 0 saturated heterocycles. The zero-order chi connectivity index (χ0) is 13.4. The zero-order valence-corrected chi connectivity index (χ0v) is 11.6. The number of nitrogens with zero attached hydrogens (tertiary/aromatic N) is 1. The molecule has 5 nitrogen and oxygen atoms in total. The maximum Gasteiger partial charge on any atom is 0.242 e. The lowest BCUT2D eigenvalue weighted by Gasteiger charge is -2.36. The molecular formula is C11H15ClN2O3S. The Morgan fingerprint density at radius 2 is 2.22 bits per heavy atom. The maximum absolute atomic E-state index is 12.0. The minimum atomic E-state index is -3.64. The van der Waals surface area contributed by atoms with Gasteiger partial charge in [-0.1, -0.05) is 11.6 Å². The van der Waals surface area contributed by atoms with Gasteiger partial charge in [0.25, 0.3) is 0 Å². The molecule has 0 unspecified atom stereocenters. The van der Waals surface area contributed by atoms with E-state index in [-0.39, 0.29) is 16.6 Å². The summed E-state index contributed by atoms with van der Waals surface area (Å²) in [5.74, 6) is 0. The highest BCUT2D eigenvalue weighted by molar-refractivity contribution is 7.89. The number of rotatable bonds is 4. The average molecular weight is 291 g/mol. The second-order valence-corrected chi connectivity index (χ2v) is 6.81. The van der Waals surface area contributed by atoms with E-state index in [2.05, 4.69) is 9.71 Å². The number of pyridine rings is 1. The molecule has 7 heteroatoms. The molecule has 1 fully saturated rings. The number of sulfonamides is 1. The van der Waals surface area contributed by atoms with Crippen molar-refractivity contribution in [3.05, 3.63) is 23.0 Å². The third-order valence-corrected chi connectivity index (χ3v) is 4.94. The van der Waals surface area contributed by atoms with E-state index >= 15 is 0 Å². The first kappa shape index (κ1) is 13.7. The van der Waals surface area contributed by atoms with Crippen molar-refractivity contribution in [2.45, 2.75) is 36.7 Å². The van der Waals surface area contributed by atoms with Crippen LogP contribution in [0.5, 0.6) is 0 Å². The molecule has 0 atom stereocenters. The number of halogens is 1. The normalized spacial score (nSPS) is 18.4. The summed E-state index contributed by atoms with van der Waals surface area (Å²) in [5.41, 5.74) is -0.288. The van der Waals surface area contributed by atoms with Crippen molar-refractivity contribution in [3.63, 3.8) is 0 Å². The van der Waals surface area contributed by atoms with Crippen molar-refractivity contribution < 1.29 is 13.5 Å². The van der Waals surface area contributed by atoms with E-state index in [0.717, 1.165) is 6.42 Å². The monoisotopic (exact) mass is 290 g/mol. The predicted octanol–water partition coefficient (Wildman–Crippen LogP) is 1.24. The lowest BCUT2D eigenvalue weighted by atomic mass is 9.81. The highest BCUT2D eigenvalue weighted by Gasteiger charge is 2.35. The Hall–Kier alpha value is -0.690. The minimum absolute atomic E-state index is 0.0387. The van der Waals surface area contributed by atoms with E-state index in [1.807, 2.05) is 0 Å². The third-order valence-electron chi connectivity index (χ3n) is 3.18. The summed E-state index contributed by atoms with van der Waals surface area (Å²) in [5, 5.41) is 10.1. The van der Waals surface area contributed by atoms with Gasteiger partial charge in [0.05, 0.1) is 5.60 Å². The molecule has 100 valence electrons. The molecular weight excluding hydrogens is 276 g/mol. The van der Waals surface area contributed by atoms with Gasteiger partial charge in [-0.15, -0.1) is 0 Å². The highest BCUT2D eigenvalue weighted by Crippen LogP contribution is 2.31. The van der Waals surface area contributed by atoms with Gasteiger partial charge in [0, 0.05) is 12.7 Å². The minimum Gasteiger partial charge on any atom is -0.389 e. The number of aromatic nitrogens is 1. The Balaban J connectivity index is 2.12. The third kappa shape index (κ3) is 2.83. The first-order chi connectivity index (χ1) is 8.32.